The number of H-pyrrole nitrogens is 1. The maximum atomic E-state index is 11.9. The maximum absolute atomic E-state index is 11.9. The van der Waals surface area contributed by atoms with Gasteiger partial charge in [-0.3, -0.25) is 14.9 Å². The summed E-state index contributed by atoms with van der Waals surface area (Å²) in [6, 6.07) is 0.150. The van der Waals surface area contributed by atoms with Gasteiger partial charge in [0.25, 0.3) is 0 Å². The summed E-state index contributed by atoms with van der Waals surface area (Å²) in [5.74, 6) is -1.12. The van der Waals surface area contributed by atoms with Crippen LogP contribution in [0.25, 0.3) is 0 Å². The summed E-state index contributed by atoms with van der Waals surface area (Å²) in [5.41, 5.74) is -0.938. The molecule has 1 amide bonds. The lowest BCUT2D eigenvalue weighted by Gasteiger charge is -2.22. The lowest BCUT2D eigenvalue weighted by molar-refractivity contribution is -0.150. The smallest absolute Gasteiger partial charge is 0.337 e. The molecule has 1 aromatic heterocycles. The summed E-state index contributed by atoms with van der Waals surface area (Å²) < 4.78 is 5.06. The second kappa shape index (κ2) is 5.89. The third kappa shape index (κ3) is 3.06. The number of carboxylic acid groups (broad SMARTS) is 1. The number of aromatic nitrogens is 3. The van der Waals surface area contributed by atoms with Crippen molar-refractivity contribution in [2.75, 3.05) is 11.9 Å². The third-order valence-corrected chi connectivity index (χ3v) is 3.51. The monoisotopic (exact) mass is 282 g/mol. The summed E-state index contributed by atoms with van der Waals surface area (Å²) in [5, 5.41) is 18.1. The Morgan fingerprint density at radius 1 is 1.45 bits per heavy atom. The Morgan fingerprint density at radius 3 is 2.75 bits per heavy atom. The molecule has 8 heteroatoms. The molecule has 0 bridgehead atoms. The van der Waals surface area contributed by atoms with Crippen molar-refractivity contribution in [3.63, 3.8) is 0 Å². The van der Waals surface area contributed by atoms with Crippen molar-refractivity contribution < 1.29 is 19.4 Å². The largest absolute Gasteiger partial charge is 0.481 e. The summed E-state index contributed by atoms with van der Waals surface area (Å²) in [6.45, 7) is 2.22. The van der Waals surface area contributed by atoms with Crippen molar-refractivity contribution in [3.8, 4) is 6.01 Å². The number of carbonyl (C=O) groups is 2. The minimum Gasteiger partial charge on any atom is -0.481 e. The van der Waals surface area contributed by atoms with Gasteiger partial charge in [0.1, 0.15) is 0 Å². The van der Waals surface area contributed by atoms with E-state index in [9.17, 15) is 14.7 Å². The predicted molar refractivity (Wildman–Crippen MR) is 69.3 cm³/mol. The highest BCUT2D eigenvalue weighted by atomic mass is 16.5. The second-order valence-electron chi connectivity index (χ2n) is 4.92. The summed E-state index contributed by atoms with van der Waals surface area (Å²) in [4.78, 5) is 27.2. The van der Waals surface area contributed by atoms with Crippen molar-refractivity contribution in [2.45, 2.75) is 39.0 Å². The van der Waals surface area contributed by atoms with Gasteiger partial charge in [0.05, 0.1) is 12.0 Å². The first-order chi connectivity index (χ1) is 9.55. The molecular weight excluding hydrogens is 264 g/mol. The number of carboxylic acids is 1. The lowest BCUT2D eigenvalue weighted by atomic mass is 9.82. The number of hydrogen-bond donors (Lipinski definition) is 3. The lowest BCUT2D eigenvalue weighted by Crippen LogP contribution is -2.32. The van der Waals surface area contributed by atoms with E-state index in [1.807, 2.05) is 0 Å². The number of aromatic amines is 1. The molecule has 8 nitrogen and oxygen atoms in total. The molecule has 110 valence electrons. The van der Waals surface area contributed by atoms with E-state index in [2.05, 4.69) is 20.5 Å². The van der Waals surface area contributed by atoms with Gasteiger partial charge in [-0.15, -0.1) is 5.10 Å². The molecule has 0 spiro atoms. The number of amides is 1. The number of aliphatic carboxylic acids is 1. The van der Waals surface area contributed by atoms with Gasteiger partial charge >= 0.3 is 12.0 Å². The molecular formula is C12H18N4O4. The molecule has 0 saturated heterocycles. The quantitative estimate of drug-likeness (QED) is 0.721. The highest BCUT2D eigenvalue weighted by Crippen LogP contribution is 2.41. The van der Waals surface area contributed by atoms with Crippen LogP contribution in [-0.4, -0.2) is 38.8 Å². The first-order valence-electron chi connectivity index (χ1n) is 6.64. The zero-order chi connectivity index (χ0) is 14.6. The molecule has 0 aliphatic heterocycles. The van der Waals surface area contributed by atoms with Crippen LogP contribution in [0.5, 0.6) is 6.01 Å². The summed E-state index contributed by atoms with van der Waals surface area (Å²) in [7, 11) is 0. The van der Waals surface area contributed by atoms with E-state index in [1.54, 1.807) is 6.92 Å². The van der Waals surface area contributed by atoms with E-state index in [4.69, 9.17) is 4.74 Å². The van der Waals surface area contributed by atoms with Crippen LogP contribution in [0.3, 0.4) is 0 Å². The molecule has 2 rings (SSSR count). The van der Waals surface area contributed by atoms with Crippen LogP contribution >= 0.6 is 0 Å². The molecule has 1 saturated carbocycles. The summed E-state index contributed by atoms with van der Waals surface area (Å²) >= 11 is 0. The van der Waals surface area contributed by atoms with Crippen molar-refractivity contribution >= 4 is 17.8 Å². The Kier molecular flexibility index (Phi) is 4.21. The van der Waals surface area contributed by atoms with E-state index in [0.717, 1.165) is 12.8 Å². The fourth-order valence-electron chi connectivity index (χ4n) is 2.50. The number of anilines is 1. The van der Waals surface area contributed by atoms with Gasteiger partial charge in [-0.05, 0) is 19.8 Å². The van der Waals surface area contributed by atoms with E-state index in [-0.39, 0.29) is 24.3 Å². The fourth-order valence-corrected chi connectivity index (χ4v) is 2.50. The Hall–Kier alpha value is -2.12. The first-order valence-corrected chi connectivity index (χ1v) is 6.64. The van der Waals surface area contributed by atoms with Gasteiger partial charge < -0.3 is 9.84 Å². The highest BCUT2D eigenvalue weighted by molar-refractivity contribution is 5.93. The molecule has 1 aliphatic rings. The normalized spacial score (nSPS) is 16.9. The zero-order valence-corrected chi connectivity index (χ0v) is 11.3. The van der Waals surface area contributed by atoms with Crippen molar-refractivity contribution in [2.24, 2.45) is 5.41 Å². The van der Waals surface area contributed by atoms with E-state index in [0.29, 0.717) is 19.4 Å². The number of nitrogens with one attached hydrogen (secondary N) is 2. The molecule has 3 N–H and O–H groups in total. The Bertz CT molecular complexity index is 493. The van der Waals surface area contributed by atoms with Gasteiger partial charge in [0.15, 0.2) is 0 Å². The van der Waals surface area contributed by atoms with Gasteiger partial charge in [-0.1, -0.05) is 12.8 Å². The minimum absolute atomic E-state index is 0.0486. The molecule has 0 unspecified atom stereocenters. The van der Waals surface area contributed by atoms with Crippen molar-refractivity contribution in [1.29, 1.82) is 0 Å². The van der Waals surface area contributed by atoms with Crippen LogP contribution in [0.1, 0.15) is 39.0 Å². The van der Waals surface area contributed by atoms with Crippen LogP contribution in [0.2, 0.25) is 0 Å². The first kappa shape index (κ1) is 14.3. The number of carbonyl (C=O) groups excluding carboxylic acids is 1. The third-order valence-electron chi connectivity index (χ3n) is 3.51. The zero-order valence-electron chi connectivity index (χ0n) is 11.3. The molecule has 0 radical (unpaired) electrons. The van der Waals surface area contributed by atoms with Crippen LogP contribution < -0.4 is 10.1 Å². The summed E-state index contributed by atoms with van der Waals surface area (Å²) in [6.07, 6.45) is 2.71. The van der Waals surface area contributed by atoms with Crippen molar-refractivity contribution in [3.05, 3.63) is 0 Å². The minimum atomic E-state index is -0.938. The van der Waals surface area contributed by atoms with Crippen LogP contribution in [0.15, 0.2) is 0 Å². The standard InChI is InChI=1S/C12H18N4O4/c1-2-20-11-14-10(15-16-11)13-8(17)7-12(9(18)19)5-3-4-6-12/h2-7H2,1H3,(H,18,19)(H2,13,14,15,16,17). The van der Waals surface area contributed by atoms with Crippen LogP contribution in [0, 0.1) is 5.41 Å². The van der Waals surface area contributed by atoms with Gasteiger partial charge in [0, 0.05) is 6.42 Å². The van der Waals surface area contributed by atoms with E-state index >= 15 is 0 Å². The number of rotatable bonds is 6. The van der Waals surface area contributed by atoms with Crippen LogP contribution in [0.4, 0.5) is 5.95 Å². The fraction of sp³-hybridized carbons (Fsp3) is 0.667. The van der Waals surface area contributed by atoms with Gasteiger partial charge in [0.2, 0.25) is 11.9 Å². The molecule has 1 aromatic rings. The van der Waals surface area contributed by atoms with Gasteiger partial charge in [-0.2, -0.15) is 4.98 Å². The predicted octanol–water partition coefficient (Wildman–Crippen LogP) is 1.18. The highest BCUT2D eigenvalue weighted by Gasteiger charge is 2.43. The van der Waals surface area contributed by atoms with Crippen molar-refractivity contribution in [1.82, 2.24) is 15.2 Å². The Balaban J connectivity index is 1.95. The molecule has 1 fully saturated rings. The topological polar surface area (TPSA) is 117 Å². The molecule has 1 aliphatic carbocycles. The maximum Gasteiger partial charge on any atom is 0.337 e. The Labute approximate surface area is 115 Å². The Morgan fingerprint density at radius 2 is 2.15 bits per heavy atom. The average Bonchev–Trinajstić information content (AvgIpc) is 3.00. The average molecular weight is 282 g/mol. The number of ether oxygens (including phenoxy) is 1. The van der Waals surface area contributed by atoms with Gasteiger partial charge in [-0.25, -0.2) is 5.10 Å². The van der Waals surface area contributed by atoms with E-state index in [1.165, 1.54) is 0 Å². The van der Waals surface area contributed by atoms with Crippen LogP contribution in [-0.2, 0) is 9.59 Å². The molecule has 0 aromatic carbocycles. The number of nitrogens with zero attached hydrogens (tertiary/aromatic N) is 2. The molecule has 1 heterocycles. The van der Waals surface area contributed by atoms with E-state index < -0.39 is 11.4 Å². The number of hydrogen-bond acceptors (Lipinski definition) is 5. The molecule has 0 atom stereocenters. The molecule has 20 heavy (non-hydrogen) atoms. The second-order valence-corrected chi connectivity index (χ2v) is 4.92. The SMILES string of the molecule is CCOc1n[nH]c(NC(=O)CC2(C(=O)O)CCCC2)n1.